The van der Waals surface area contributed by atoms with Crippen molar-refractivity contribution in [2.75, 3.05) is 5.32 Å². The SMILES string of the molecule is O=C(/C=C/c1cccc(OCc2ccccc2)c1)Nc1cc(C(F)(F)F)ccc1Cl. The molecule has 0 aliphatic carbocycles. The van der Waals surface area contributed by atoms with Crippen LogP contribution in [0.2, 0.25) is 5.02 Å². The van der Waals surface area contributed by atoms with Gasteiger partial charge in [-0.25, -0.2) is 0 Å². The number of carbonyl (C=O) groups is 1. The minimum atomic E-state index is -4.53. The van der Waals surface area contributed by atoms with E-state index in [1.165, 1.54) is 12.2 Å². The van der Waals surface area contributed by atoms with Crippen molar-refractivity contribution in [1.29, 1.82) is 0 Å². The summed E-state index contributed by atoms with van der Waals surface area (Å²) in [5.74, 6) is 0.0224. The molecule has 3 nitrogen and oxygen atoms in total. The highest BCUT2D eigenvalue weighted by molar-refractivity contribution is 6.33. The van der Waals surface area contributed by atoms with Crippen molar-refractivity contribution in [3.8, 4) is 5.75 Å². The van der Waals surface area contributed by atoms with E-state index in [4.69, 9.17) is 16.3 Å². The Morgan fingerprint density at radius 1 is 1.00 bits per heavy atom. The van der Waals surface area contributed by atoms with E-state index in [1.54, 1.807) is 24.3 Å². The number of amides is 1. The fourth-order valence-corrected chi connectivity index (χ4v) is 2.76. The molecule has 30 heavy (non-hydrogen) atoms. The lowest BCUT2D eigenvalue weighted by atomic mass is 10.2. The maximum Gasteiger partial charge on any atom is 0.416 e. The number of benzene rings is 3. The van der Waals surface area contributed by atoms with Crippen molar-refractivity contribution >= 4 is 29.3 Å². The monoisotopic (exact) mass is 431 g/mol. The van der Waals surface area contributed by atoms with Gasteiger partial charge in [0.25, 0.3) is 0 Å². The van der Waals surface area contributed by atoms with Crippen LogP contribution < -0.4 is 10.1 Å². The Hall–Kier alpha value is -3.25. The molecule has 3 rings (SSSR count). The average molecular weight is 432 g/mol. The van der Waals surface area contributed by atoms with Gasteiger partial charge in [-0.2, -0.15) is 13.2 Å². The summed E-state index contributed by atoms with van der Waals surface area (Å²) in [6.45, 7) is 0.405. The van der Waals surface area contributed by atoms with E-state index in [0.29, 0.717) is 17.9 Å². The maximum absolute atomic E-state index is 12.8. The van der Waals surface area contributed by atoms with Crippen LogP contribution in [0.25, 0.3) is 6.08 Å². The minimum Gasteiger partial charge on any atom is -0.489 e. The van der Waals surface area contributed by atoms with Gasteiger partial charge < -0.3 is 10.1 Å². The second-order valence-electron chi connectivity index (χ2n) is 6.36. The summed E-state index contributed by atoms with van der Waals surface area (Å²) < 4.78 is 44.2. The average Bonchev–Trinajstić information content (AvgIpc) is 2.73. The quantitative estimate of drug-likeness (QED) is 0.447. The molecule has 154 valence electrons. The first kappa shape index (κ1) is 21.5. The van der Waals surface area contributed by atoms with Gasteiger partial charge in [0.1, 0.15) is 12.4 Å². The zero-order valence-corrected chi connectivity index (χ0v) is 16.4. The van der Waals surface area contributed by atoms with Crippen LogP contribution >= 0.6 is 11.6 Å². The van der Waals surface area contributed by atoms with E-state index >= 15 is 0 Å². The number of anilines is 1. The highest BCUT2D eigenvalue weighted by Gasteiger charge is 2.31. The molecule has 0 radical (unpaired) electrons. The number of rotatable bonds is 6. The fraction of sp³-hybridized carbons (Fsp3) is 0.0870. The number of ether oxygens (including phenoxy) is 1. The molecule has 1 amide bonds. The first-order chi connectivity index (χ1) is 14.3. The number of hydrogen-bond acceptors (Lipinski definition) is 2. The number of alkyl halides is 3. The van der Waals surface area contributed by atoms with Crippen molar-refractivity contribution in [2.24, 2.45) is 0 Å². The third-order valence-electron chi connectivity index (χ3n) is 4.09. The molecule has 0 aliphatic heterocycles. The number of halogens is 4. The van der Waals surface area contributed by atoms with Crippen LogP contribution in [0, 0.1) is 0 Å². The summed E-state index contributed by atoms with van der Waals surface area (Å²) in [4.78, 5) is 12.1. The molecule has 0 fully saturated rings. The Kier molecular flexibility index (Phi) is 6.79. The predicted molar refractivity (Wildman–Crippen MR) is 111 cm³/mol. The summed E-state index contributed by atoms with van der Waals surface area (Å²) in [7, 11) is 0. The molecule has 0 bridgehead atoms. The molecule has 7 heteroatoms. The fourth-order valence-electron chi connectivity index (χ4n) is 2.59. The standard InChI is InChI=1S/C23H17ClF3NO2/c24-20-11-10-18(23(25,26)27)14-21(20)28-22(29)12-9-16-7-4-8-19(13-16)30-15-17-5-2-1-3-6-17/h1-14H,15H2,(H,28,29)/b12-9+. The third-order valence-corrected chi connectivity index (χ3v) is 4.41. The van der Waals surface area contributed by atoms with Crippen molar-refractivity contribution < 1.29 is 22.7 Å². The predicted octanol–water partition coefficient (Wildman–Crippen LogP) is 6.59. The minimum absolute atomic E-state index is 0.0149. The van der Waals surface area contributed by atoms with Gasteiger partial charge in [-0.05, 0) is 47.5 Å². The molecular weight excluding hydrogens is 415 g/mol. The van der Waals surface area contributed by atoms with Crippen LogP contribution in [0.5, 0.6) is 5.75 Å². The highest BCUT2D eigenvalue weighted by Crippen LogP contribution is 2.33. The van der Waals surface area contributed by atoms with Crippen molar-refractivity contribution in [3.63, 3.8) is 0 Å². The number of hydrogen-bond donors (Lipinski definition) is 1. The van der Waals surface area contributed by atoms with Crippen LogP contribution in [-0.2, 0) is 17.6 Å². The molecule has 0 heterocycles. The normalized spacial score (nSPS) is 11.5. The van der Waals surface area contributed by atoms with Gasteiger partial charge in [-0.3, -0.25) is 4.79 Å². The Labute approximate surface area is 176 Å². The summed E-state index contributed by atoms with van der Waals surface area (Å²) in [5.41, 5.74) is 0.720. The Bertz CT molecular complexity index is 1050. The van der Waals surface area contributed by atoms with Gasteiger partial charge >= 0.3 is 6.18 Å². The van der Waals surface area contributed by atoms with Gasteiger partial charge in [0, 0.05) is 6.08 Å². The molecule has 3 aromatic carbocycles. The highest BCUT2D eigenvalue weighted by atomic mass is 35.5. The largest absolute Gasteiger partial charge is 0.489 e. The van der Waals surface area contributed by atoms with Gasteiger partial charge in [0.05, 0.1) is 16.3 Å². The lowest BCUT2D eigenvalue weighted by Gasteiger charge is -2.10. The van der Waals surface area contributed by atoms with Gasteiger partial charge in [0.2, 0.25) is 5.91 Å². The van der Waals surface area contributed by atoms with Crippen molar-refractivity contribution in [1.82, 2.24) is 0 Å². The Morgan fingerprint density at radius 3 is 2.50 bits per heavy atom. The van der Waals surface area contributed by atoms with Crippen LogP contribution in [-0.4, -0.2) is 5.91 Å². The van der Waals surface area contributed by atoms with E-state index in [9.17, 15) is 18.0 Å². The van der Waals surface area contributed by atoms with Crippen molar-refractivity contribution in [3.05, 3.63) is 101 Å². The second kappa shape index (κ2) is 9.50. The summed E-state index contributed by atoms with van der Waals surface area (Å²) in [5, 5.41) is 2.38. The molecule has 1 N–H and O–H groups in total. The Balaban J connectivity index is 1.64. The molecule has 0 saturated heterocycles. The van der Waals surface area contributed by atoms with Crippen LogP contribution in [0.15, 0.2) is 78.9 Å². The first-order valence-corrected chi connectivity index (χ1v) is 9.32. The smallest absolute Gasteiger partial charge is 0.416 e. The second-order valence-corrected chi connectivity index (χ2v) is 6.77. The zero-order valence-electron chi connectivity index (χ0n) is 15.6. The summed E-state index contributed by atoms with van der Waals surface area (Å²) in [6.07, 6.45) is -1.78. The van der Waals surface area contributed by atoms with E-state index in [2.05, 4.69) is 5.32 Å². The molecule has 0 unspecified atom stereocenters. The number of carbonyl (C=O) groups excluding carboxylic acids is 1. The molecule has 0 aliphatic rings. The molecule has 0 atom stereocenters. The van der Waals surface area contributed by atoms with E-state index < -0.39 is 17.6 Å². The summed E-state index contributed by atoms with van der Waals surface area (Å²) >= 11 is 5.89. The van der Waals surface area contributed by atoms with E-state index in [1.807, 2.05) is 30.3 Å². The molecule has 3 aromatic rings. The van der Waals surface area contributed by atoms with Crippen LogP contribution in [0.4, 0.5) is 18.9 Å². The third kappa shape index (κ3) is 6.12. The zero-order chi connectivity index (χ0) is 21.6. The van der Waals surface area contributed by atoms with E-state index in [0.717, 1.165) is 23.8 Å². The van der Waals surface area contributed by atoms with Gasteiger partial charge in [-0.1, -0.05) is 54.1 Å². The summed E-state index contributed by atoms with van der Waals surface area (Å²) in [6, 6.07) is 19.5. The van der Waals surface area contributed by atoms with Gasteiger partial charge in [0.15, 0.2) is 0 Å². The number of nitrogens with one attached hydrogen (secondary N) is 1. The lowest BCUT2D eigenvalue weighted by molar-refractivity contribution is -0.137. The van der Waals surface area contributed by atoms with Gasteiger partial charge in [-0.15, -0.1) is 0 Å². The first-order valence-electron chi connectivity index (χ1n) is 8.94. The Morgan fingerprint density at radius 2 is 1.77 bits per heavy atom. The van der Waals surface area contributed by atoms with E-state index in [-0.39, 0.29) is 10.7 Å². The molecule has 0 saturated carbocycles. The lowest BCUT2D eigenvalue weighted by Crippen LogP contribution is -2.11. The topological polar surface area (TPSA) is 38.3 Å². The molecule has 0 aromatic heterocycles. The van der Waals surface area contributed by atoms with Crippen LogP contribution in [0.3, 0.4) is 0 Å². The molecule has 0 spiro atoms. The molecular formula is C23H17ClF3NO2. The van der Waals surface area contributed by atoms with Crippen LogP contribution in [0.1, 0.15) is 16.7 Å². The maximum atomic E-state index is 12.8. The van der Waals surface area contributed by atoms with Crippen molar-refractivity contribution in [2.45, 2.75) is 12.8 Å².